The van der Waals surface area contributed by atoms with Crippen LogP contribution < -0.4 is 11.5 Å². The molecule has 0 radical (unpaired) electrons. The van der Waals surface area contributed by atoms with Crippen LogP contribution in [0.1, 0.15) is 12.5 Å². The Bertz CT molecular complexity index is 251. The van der Waals surface area contributed by atoms with Gasteiger partial charge in [-0.3, -0.25) is 0 Å². The first-order valence-electron chi connectivity index (χ1n) is 3.88. The van der Waals surface area contributed by atoms with E-state index in [0.29, 0.717) is 12.1 Å². The van der Waals surface area contributed by atoms with Crippen LogP contribution in [-0.2, 0) is 6.42 Å². The average Bonchev–Trinajstić information content (AvgIpc) is 1.81. The maximum atomic E-state index is 12.8. The Morgan fingerprint density at radius 1 is 1.42 bits per heavy atom. The van der Waals surface area contributed by atoms with Gasteiger partial charge in [-0.05, 0) is 37.1 Å². The fraction of sp³-hybridized carbons (Fsp3) is 0.333. The van der Waals surface area contributed by atoms with Crippen LogP contribution in [0, 0.1) is 5.82 Å². The molecule has 4 N–H and O–H groups in total. The maximum Gasteiger partial charge on any atom is 0.125 e. The Morgan fingerprint density at radius 3 is 2.58 bits per heavy atom. The minimum atomic E-state index is -0.300. The zero-order valence-corrected chi connectivity index (χ0v) is 7.05. The van der Waals surface area contributed by atoms with Crippen molar-refractivity contribution in [3.05, 3.63) is 29.6 Å². The monoisotopic (exact) mass is 168 g/mol. The number of halogens is 1. The van der Waals surface area contributed by atoms with Crippen molar-refractivity contribution in [3.63, 3.8) is 0 Å². The molecule has 3 heteroatoms. The first-order valence-corrected chi connectivity index (χ1v) is 3.88. The smallest absolute Gasteiger partial charge is 0.125 e. The second-order valence-electron chi connectivity index (χ2n) is 3.07. The van der Waals surface area contributed by atoms with Gasteiger partial charge in [0.25, 0.3) is 0 Å². The van der Waals surface area contributed by atoms with Crippen molar-refractivity contribution in [1.29, 1.82) is 0 Å². The van der Waals surface area contributed by atoms with Gasteiger partial charge in [0.05, 0.1) is 0 Å². The Hall–Kier alpha value is -1.09. The molecule has 1 aromatic carbocycles. The summed E-state index contributed by atoms with van der Waals surface area (Å²) in [5.74, 6) is -0.300. The molecule has 12 heavy (non-hydrogen) atoms. The van der Waals surface area contributed by atoms with Crippen LogP contribution in [0.25, 0.3) is 0 Å². The van der Waals surface area contributed by atoms with Gasteiger partial charge in [0.15, 0.2) is 0 Å². The van der Waals surface area contributed by atoms with Crippen molar-refractivity contribution in [2.24, 2.45) is 5.73 Å². The normalized spacial score (nSPS) is 12.9. The van der Waals surface area contributed by atoms with E-state index in [9.17, 15) is 4.39 Å². The van der Waals surface area contributed by atoms with Gasteiger partial charge in [-0.1, -0.05) is 0 Å². The van der Waals surface area contributed by atoms with Crippen LogP contribution in [0.5, 0.6) is 0 Å². The molecule has 0 saturated heterocycles. The summed E-state index contributed by atoms with van der Waals surface area (Å²) in [5.41, 5.74) is 12.3. The van der Waals surface area contributed by atoms with E-state index in [0.717, 1.165) is 5.56 Å². The Labute approximate surface area is 71.4 Å². The quantitative estimate of drug-likeness (QED) is 0.654. The molecule has 1 aromatic rings. The molecule has 0 aliphatic rings. The molecule has 0 aliphatic heterocycles. The summed E-state index contributed by atoms with van der Waals surface area (Å²) < 4.78 is 12.8. The molecule has 0 aliphatic carbocycles. The number of anilines is 1. The second kappa shape index (κ2) is 3.54. The molecule has 0 unspecified atom stereocenters. The van der Waals surface area contributed by atoms with Crippen molar-refractivity contribution in [1.82, 2.24) is 0 Å². The molecule has 0 amide bonds. The minimum Gasteiger partial charge on any atom is -0.399 e. The van der Waals surface area contributed by atoms with Crippen molar-refractivity contribution >= 4 is 5.69 Å². The van der Waals surface area contributed by atoms with Gasteiger partial charge in [0, 0.05) is 11.7 Å². The first kappa shape index (κ1) is 9.00. The van der Waals surface area contributed by atoms with Gasteiger partial charge in [0.2, 0.25) is 0 Å². The van der Waals surface area contributed by atoms with Gasteiger partial charge >= 0.3 is 0 Å². The van der Waals surface area contributed by atoms with Crippen LogP contribution in [0.3, 0.4) is 0 Å². The van der Waals surface area contributed by atoms with Crippen LogP contribution in [-0.4, -0.2) is 6.04 Å². The van der Waals surface area contributed by atoms with Gasteiger partial charge in [0.1, 0.15) is 5.82 Å². The number of nitrogens with two attached hydrogens (primary N) is 2. The summed E-state index contributed by atoms with van der Waals surface area (Å²) in [6.45, 7) is 1.88. The molecule has 1 rings (SSSR count). The highest BCUT2D eigenvalue weighted by Crippen LogP contribution is 2.11. The fourth-order valence-corrected chi connectivity index (χ4v) is 1.17. The number of nitrogen functional groups attached to an aromatic ring is 1. The lowest BCUT2D eigenvalue weighted by atomic mass is 10.1. The van der Waals surface area contributed by atoms with Gasteiger partial charge in [-0.15, -0.1) is 0 Å². The largest absolute Gasteiger partial charge is 0.399 e. The third-order valence-electron chi connectivity index (χ3n) is 1.54. The molecule has 1 atom stereocenters. The zero-order valence-electron chi connectivity index (χ0n) is 7.05. The van der Waals surface area contributed by atoms with Crippen molar-refractivity contribution < 1.29 is 4.39 Å². The summed E-state index contributed by atoms with van der Waals surface area (Å²) in [6, 6.07) is 4.53. The van der Waals surface area contributed by atoms with Crippen LogP contribution in [0.4, 0.5) is 10.1 Å². The highest BCUT2D eigenvalue weighted by atomic mass is 19.1. The number of rotatable bonds is 2. The average molecular weight is 168 g/mol. The van der Waals surface area contributed by atoms with E-state index < -0.39 is 0 Å². The Morgan fingerprint density at radius 2 is 2.08 bits per heavy atom. The van der Waals surface area contributed by atoms with E-state index in [4.69, 9.17) is 11.5 Å². The van der Waals surface area contributed by atoms with Gasteiger partial charge in [-0.25, -0.2) is 4.39 Å². The van der Waals surface area contributed by atoms with Crippen molar-refractivity contribution in [2.45, 2.75) is 19.4 Å². The lowest BCUT2D eigenvalue weighted by Crippen LogP contribution is -2.17. The minimum absolute atomic E-state index is 0.0335. The third kappa shape index (κ3) is 2.51. The van der Waals surface area contributed by atoms with E-state index in [1.807, 2.05) is 6.92 Å². The summed E-state index contributed by atoms with van der Waals surface area (Å²) >= 11 is 0. The summed E-state index contributed by atoms with van der Waals surface area (Å²) in [4.78, 5) is 0. The summed E-state index contributed by atoms with van der Waals surface area (Å²) in [5, 5.41) is 0. The van der Waals surface area contributed by atoms with E-state index >= 15 is 0 Å². The number of hydrogen-bond acceptors (Lipinski definition) is 2. The molecule has 66 valence electrons. The SMILES string of the molecule is C[C@H](N)Cc1cc(N)cc(F)c1. The zero-order chi connectivity index (χ0) is 9.14. The molecule has 0 saturated carbocycles. The maximum absolute atomic E-state index is 12.8. The summed E-state index contributed by atoms with van der Waals surface area (Å²) in [6.07, 6.45) is 0.655. The second-order valence-corrected chi connectivity index (χ2v) is 3.07. The number of benzene rings is 1. The van der Waals surface area contributed by atoms with E-state index in [2.05, 4.69) is 0 Å². The summed E-state index contributed by atoms with van der Waals surface area (Å²) in [7, 11) is 0. The molecule has 2 nitrogen and oxygen atoms in total. The third-order valence-corrected chi connectivity index (χ3v) is 1.54. The predicted molar refractivity (Wildman–Crippen MR) is 48.2 cm³/mol. The van der Waals surface area contributed by atoms with Crippen molar-refractivity contribution in [3.8, 4) is 0 Å². The molecule has 0 heterocycles. The number of hydrogen-bond donors (Lipinski definition) is 2. The molecule has 0 spiro atoms. The highest BCUT2D eigenvalue weighted by molar-refractivity contribution is 5.41. The van der Waals surface area contributed by atoms with Crippen LogP contribution >= 0.6 is 0 Å². The van der Waals surface area contributed by atoms with E-state index in [-0.39, 0.29) is 11.9 Å². The fourth-order valence-electron chi connectivity index (χ4n) is 1.17. The van der Waals surface area contributed by atoms with Crippen molar-refractivity contribution in [2.75, 3.05) is 5.73 Å². The van der Waals surface area contributed by atoms with Gasteiger partial charge < -0.3 is 11.5 Å². The van der Waals surface area contributed by atoms with Crippen LogP contribution in [0.2, 0.25) is 0 Å². The molecule has 0 aromatic heterocycles. The predicted octanol–water partition coefficient (Wildman–Crippen LogP) is 1.30. The molecule has 0 bridgehead atoms. The first-order chi connectivity index (χ1) is 5.58. The van der Waals surface area contributed by atoms with E-state index in [1.165, 1.54) is 12.1 Å². The van der Waals surface area contributed by atoms with E-state index in [1.54, 1.807) is 6.07 Å². The molecule has 0 fully saturated rings. The Balaban J connectivity index is 2.85. The lowest BCUT2D eigenvalue weighted by molar-refractivity contribution is 0.623. The van der Waals surface area contributed by atoms with Gasteiger partial charge in [-0.2, -0.15) is 0 Å². The molecular formula is C9H13FN2. The standard InChI is InChI=1S/C9H13FN2/c1-6(11)2-7-3-8(10)5-9(12)4-7/h3-6H,2,11-12H2,1H3/t6-/m0/s1. The lowest BCUT2D eigenvalue weighted by Gasteiger charge is -2.05. The molecular weight excluding hydrogens is 155 g/mol. The topological polar surface area (TPSA) is 52.0 Å². The van der Waals surface area contributed by atoms with Crippen LogP contribution in [0.15, 0.2) is 18.2 Å². The Kier molecular flexibility index (Phi) is 2.65. The highest BCUT2D eigenvalue weighted by Gasteiger charge is 2.00.